The zero-order valence-corrected chi connectivity index (χ0v) is 13.7. The third-order valence-electron chi connectivity index (χ3n) is 6.67. The molecule has 4 aliphatic rings. The number of hydrogen-bond donors (Lipinski definition) is 1. The average Bonchev–Trinajstić information content (AvgIpc) is 2.85. The van der Waals surface area contributed by atoms with Gasteiger partial charge in [-0.1, -0.05) is 25.0 Å². The van der Waals surface area contributed by atoms with Crippen molar-refractivity contribution >= 4 is 10.9 Å². The van der Waals surface area contributed by atoms with Crippen LogP contribution in [0.5, 0.6) is 0 Å². The summed E-state index contributed by atoms with van der Waals surface area (Å²) < 4.78 is 0. The van der Waals surface area contributed by atoms with Crippen molar-refractivity contribution in [3.05, 3.63) is 35.0 Å². The predicted octanol–water partition coefficient (Wildman–Crippen LogP) is 4.24. The molecule has 1 saturated carbocycles. The number of fused-ring (bicyclic) bond motifs is 4. The molecule has 1 N–H and O–H groups in total. The van der Waals surface area contributed by atoms with Gasteiger partial charge in [0.15, 0.2) is 0 Å². The first kappa shape index (κ1) is 13.2. The first-order valence-corrected chi connectivity index (χ1v) is 9.09. The second-order valence-electron chi connectivity index (χ2n) is 7.91. The first-order valence-electron chi connectivity index (χ1n) is 9.09. The Morgan fingerprint density at radius 2 is 2.18 bits per heavy atom. The fourth-order valence-corrected chi connectivity index (χ4v) is 5.81. The van der Waals surface area contributed by atoms with Gasteiger partial charge in [0.05, 0.1) is 0 Å². The predicted molar refractivity (Wildman–Crippen MR) is 91.3 cm³/mol. The number of rotatable bonds is 1. The highest BCUT2D eigenvalue weighted by atomic mass is 15.2. The Hall–Kier alpha value is -1.28. The lowest BCUT2D eigenvalue weighted by molar-refractivity contribution is -0.0134. The van der Waals surface area contributed by atoms with Crippen LogP contribution >= 0.6 is 0 Å². The summed E-state index contributed by atoms with van der Waals surface area (Å²) in [5, 5.41) is 1.49. The number of aromatic amines is 1. The molecule has 0 radical (unpaired) electrons. The molecule has 22 heavy (non-hydrogen) atoms. The van der Waals surface area contributed by atoms with Gasteiger partial charge in [0.25, 0.3) is 0 Å². The van der Waals surface area contributed by atoms with Crippen molar-refractivity contribution in [3.63, 3.8) is 0 Å². The van der Waals surface area contributed by atoms with E-state index in [-0.39, 0.29) is 0 Å². The lowest BCUT2D eigenvalue weighted by Gasteiger charge is -2.53. The summed E-state index contributed by atoms with van der Waals surface area (Å²) in [5.41, 5.74) is 5.97. The topological polar surface area (TPSA) is 19.0 Å². The number of aryl methyl sites for hydroxylation is 1. The minimum Gasteiger partial charge on any atom is -0.358 e. The van der Waals surface area contributed by atoms with Crippen LogP contribution in [0.4, 0.5) is 0 Å². The van der Waals surface area contributed by atoms with E-state index in [9.17, 15) is 0 Å². The number of benzene rings is 1. The summed E-state index contributed by atoms with van der Waals surface area (Å²) >= 11 is 0. The van der Waals surface area contributed by atoms with Gasteiger partial charge in [-0.25, -0.2) is 0 Å². The number of H-pyrrole nitrogens is 1. The van der Waals surface area contributed by atoms with Gasteiger partial charge in [-0.05, 0) is 55.7 Å². The molecule has 4 heterocycles. The van der Waals surface area contributed by atoms with E-state index in [0.717, 1.165) is 23.8 Å². The summed E-state index contributed by atoms with van der Waals surface area (Å²) in [5.74, 6) is 2.60. The van der Waals surface area contributed by atoms with Crippen molar-refractivity contribution in [2.75, 3.05) is 13.1 Å². The van der Waals surface area contributed by atoms with E-state index in [1.807, 2.05) is 0 Å². The smallest absolute Gasteiger partial charge is 0.0459 e. The van der Waals surface area contributed by atoms with Crippen molar-refractivity contribution in [2.24, 2.45) is 11.8 Å². The zero-order valence-electron chi connectivity index (χ0n) is 13.7. The number of hydrogen-bond acceptors (Lipinski definition) is 1. The maximum atomic E-state index is 3.84. The monoisotopic (exact) mass is 294 g/mol. The van der Waals surface area contributed by atoms with E-state index in [1.54, 1.807) is 11.3 Å². The van der Waals surface area contributed by atoms with Crippen LogP contribution in [0, 0.1) is 18.8 Å². The number of nitrogens with one attached hydrogen (secondary N) is 1. The van der Waals surface area contributed by atoms with Crippen LogP contribution in [0.2, 0.25) is 0 Å². The van der Waals surface area contributed by atoms with Crippen LogP contribution in [-0.2, 0) is 6.42 Å². The quantitative estimate of drug-likeness (QED) is 0.833. The van der Waals surface area contributed by atoms with E-state index >= 15 is 0 Å². The fourth-order valence-electron chi connectivity index (χ4n) is 5.81. The molecule has 4 bridgehead atoms. The standard InChI is InChI=1S/C20H26N2/c1-3-14-9-13-10-17-19-15(6-7-22(11-13)20(14)17)16-8-12(2)4-5-18(16)21-19/h4-5,8,13-14,17,20-21H,3,6-7,9-11H2,1-2H3/t13-,14-,17-,20?/m0/s1. The first-order chi connectivity index (χ1) is 10.7. The Bertz CT molecular complexity index is 729. The van der Waals surface area contributed by atoms with Crippen LogP contribution in [0.25, 0.3) is 10.9 Å². The minimum absolute atomic E-state index is 0.752. The summed E-state index contributed by atoms with van der Waals surface area (Å²) in [4.78, 5) is 6.68. The molecule has 2 nitrogen and oxygen atoms in total. The zero-order chi connectivity index (χ0) is 14.8. The van der Waals surface area contributed by atoms with Crippen molar-refractivity contribution in [1.29, 1.82) is 0 Å². The molecule has 3 fully saturated rings. The summed E-state index contributed by atoms with van der Waals surface area (Å²) in [6.07, 6.45) is 5.47. The van der Waals surface area contributed by atoms with E-state index in [0.29, 0.717) is 0 Å². The Morgan fingerprint density at radius 3 is 3.05 bits per heavy atom. The number of aromatic nitrogens is 1. The van der Waals surface area contributed by atoms with Gasteiger partial charge in [-0.3, -0.25) is 4.90 Å². The van der Waals surface area contributed by atoms with E-state index < -0.39 is 0 Å². The summed E-state index contributed by atoms with van der Waals surface area (Å²) in [6, 6.07) is 7.72. The van der Waals surface area contributed by atoms with Gasteiger partial charge >= 0.3 is 0 Å². The number of nitrogens with zero attached hydrogens (tertiary/aromatic N) is 1. The second-order valence-corrected chi connectivity index (χ2v) is 7.91. The van der Waals surface area contributed by atoms with Crippen LogP contribution in [0.15, 0.2) is 18.2 Å². The molecule has 116 valence electrons. The van der Waals surface area contributed by atoms with Crippen molar-refractivity contribution in [1.82, 2.24) is 9.88 Å². The van der Waals surface area contributed by atoms with E-state index in [1.165, 1.54) is 55.2 Å². The largest absolute Gasteiger partial charge is 0.358 e. The molecular formula is C20H26N2. The Kier molecular flexibility index (Phi) is 2.76. The van der Waals surface area contributed by atoms with Crippen molar-refractivity contribution < 1.29 is 0 Å². The molecule has 0 spiro atoms. The molecule has 1 aromatic carbocycles. The Labute approximate surface area is 132 Å². The molecule has 1 aromatic heterocycles. The lowest BCUT2D eigenvalue weighted by Crippen LogP contribution is -2.56. The van der Waals surface area contributed by atoms with Crippen LogP contribution in [-0.4, -0.2) is 29.0 Å². The maximum absolute atomic E-state index is 3.84. The summed E-state index contributed by atoms with van der Waals surface area (Å²) in [6.45, 7) is 7.24. The molecule has 5 atom stereocenters. The molecule has 2 heteroatoms. The molecule has 3 aliphatic heterocycles. The highest BCUT2D eigenvalue weighted by Crippen LogP contribution is 2.50. The fraction of sp³-hybridized carbons (Fsp3) is 0.600. The maximum Gasteiger partial charge on any atom is 0.0459 e. The third kappa shape index (κ3) is 1.70. The molecular weight excluding hydrogens is 268 g/mol. The van der Waals surface area contributed by atoms with Gasteiger partial charge in [0, 0.05) is 41.6 Å². The molecule has 2 unspecified atom stereocenters. The molecule has 2 saturated heterocycles. The normalized spacial score (nSPS) is 36.4. The summed E-state index contributed by atoms with van der Waals surface area (Å²) in [7, 11) is 0. The second kappa shape index (κ2) is 4.61. The lowest BCUT2D eigenvalue weighted by atomic mass is 9.65. The Balaban J connectivity index is 1.69. The SMILES string of the molecule is CC[C@H]1C[C@H]2C[C@H]3c4[nH]c5ccc(C)cc5c4CCN(C2)C13. The molecule has 6 rings (SSSR count). The molecule has 2 aromatic rings. The van der Waals surface area contributed by atoms with Gasteiger partial charge in [0.2, 0.25) is 0 Å². The van der Waals surface area contributed by atoms with Gasteiger partial charge in [-0.2, -0.15) is 0 Å². The third-order valence-corrected chi connectivity index (χ3v) is 6.67. The van der Waals surface area contributed by atoms with E-state index in [4.69, 9.17) is 0 Å². The van der Waals surface area contributed by atoms with Crippen LogP contribution < -0.4 is 0 Å². The highest BCUT2D eigenvalue weighted by molar-refractivity contribution is 5.85. The molecule has 0 amide bonds. The Morgan fingerprint density at radius 1 is 1.27 bits per heavy atom. The number of piperidine rings is 2. The van der Waals surface area contributed by atoms with Crippen LogP contribution in [0.1, 0.15) is 48.9 Å². The van der Waals surface area contributed by atoms with Gasteiger partial charge in [-0.15, -0.1) is 0 Å². The van der Waals surface area contributed by atoms with Gasteiger partial charge < -0.3 is 4.98 Å². The van der Waals surface area contributed by atoms with Crippen LogP contribution in [0.3, 0.4) is 0 Å². The van der Waals surface area contributed by atoms with Crippen molar-refractivity contribution in [3.8, 4) is 0 Å². The minimum atomic E-state index is 0.752. The van der Waals surface area contributed by atoms with E-state index in [2.05, 4.69) is 41.9 Å². The van der Waals surface area contributed by atoms with Gasteiger partial charge in [0.1, 0.15) is 0 Å². The van der Waals surface area contributed by atoms with Crippen molar-refractivity contribution in [2.45, 2.75) is 51.5 Å². The molecule has 1 aliphatic carbocycles. The highest BCUT2D eigenvalue weighted by Gasteiger charge is 2.48. The average molecular weight is 294 g/mol.